The lowest BCUT2D eigenvalue weighted by atomic mass is 10.0. The number of hydrogen-bond acceptors (Lipinski definition) is 3. The summed E-state index contributed by atoms with van der Waals surface area (Å²) in [7, 11) is 0. The van der Waals surface area contributed by atoms with Gasteiger partial charge >= 0.3 is 0 Å². The van der Waals surface area contributed by atoms with Crippen LogP contribution in [0.3, 0.4) is 0 Å². The zero-order valence-electron chi connectivity index (χ0n) is 17.5. The summed E-state index contributed by atoms with van der Waals surface area (Å²) in [6.07, 6.45) is 1.99. The van der Waals surface area contributed by atoms with Crippen molar-refractivity contribution in [2.24, 2.45) is 5.92 Å². The molecule has 30 heavy (non-hydrogen) atoms. The summed E-state index contributed by atoms with van der Waals surface area (Å²) in [5.41, 5.74) is 1.70. The number of hydrogen-bond donors (Lipinski definition) is 1. The highest BCUT2D eigenvalue weighted by Gasteiger charge is 2.33. The van der Waals surface area contributed by atoms with Crippen LogP contribution in [0.15, 0.2) is 54.6 Å². The van der Waals surface area contributed by atoms with Crippen LogP contribution in [0, 0.1) is 5.92 Å². The van der Waals surface area contributed by atoms with Crippen molar-refractivity contribution in [1.29, 1.82) is 0 Å². The highest BCUT2D eigenvalue weighted by Crippen LogP contribution is 2.26. The zero-order chi connectivity index (χ0) is 21.5. The monoisotopic (exact) mass is 428 g/mol. The van der Waals surface area contributed by atoms with E-state index in [0.29, 0.717) is 18.1 Å². The van der Waals surface area contributed by atoms with Crippen molar-refractivity contribution >= 4 is 23.4 Å². The van der Waals surface area contributed by atoms with Crippen LogP contribution in [0.5, 0.6) is 0 Å². The van der Waals surface area contributed by atoms with Crippen molar-refractivity contribution in [2.45, 2.75) is 45.4 Å². The largest absolute Gasteiger partial charge is 0.376 e. The van der Waals surface area contributed by atoms with Crippen molar-refractivity contribution in [2.75, 3.05) is 13.2 Å². The van der Waals surface area contributed by atoms with Gasteiger partial charge in [0.2, 0.25) is 11.8 Å². The van der Waals surface area contributed by atoms with Gasteiger partial charge in [-0.3, -0.25) is 9.59 Å². The number of amides is 2. The third kappa shape index (κ3) is 5.83. The second-order valence-electron chi connectivity index (χ2n) is 7.94. The van der Waals surface area contributed by atoms with Gasteiger partial charge in [0, 0.05) is 30.6 Å². The number of nitrogens with one attached hydrogen (secondary N) is 1. The van der Waals surface area contributed by atoms with Gasteiger partial charge in [0.25, 0.3) is 0 Å². The Balaban J connectivity index is 1.89. The van der Waals surface area contributed by atoms with E-state index in [1.54, 1.807) is 17.0 Å². The van der Waals surface area contributed by atoms with Crippen LogP contribution in [0.4, 0.5) is 0 Å². The van der Waals surface area contributed by atoms with Crippen molar-refractivity contribution < 1.29 is 14.3 Å². The van der Waals surface area contributed by atoms with Crippen molar-refractivity contribution in [1.82, 2.24) is 10.2 Å². The molecule has 0 bridgehead atoms. The molecule has 6 heteroatoms. The summed E-state index contributed by atoms with van der Waals surface area (Å²) in [6, 6.07) is 16.1. The van der Waals surface area contributed by atoms with Crippen LogP contribution in [-0.2, 0) is 20.9 Å². The third-order valence-corrected chi connectivity index (χ3v) is 5.50. The molecule has 0 radical (unpaired) electrons. The summed E-state index contributed by atoms with van der Waals surface area (Å²) in [5, 5.41) is 3.65. The summed E-state index contributed by atoms with van der Waals surface area (Å²) in [5.74, 6) is -0.514. The standard InChI is InChI=1S/C24H29ClN2O3/c1-17(2)24(29)27(16-18-10-12-20(25)13-11-18)22(19-7-4-3-5-8-19)23(28)26-15-21-9-6-14-30-21/h3-5,7-8,10-13,17,21-22H,6,9,14-16H2,1-2H3,(H,26,28)/t21-,22-/m1/s1. The van der Waals surface area contributed by atoms with Gasteiger partial charge in [0.1, 0.15) is 6.04 Å². The van der Waals surface area contributed by atoms with Crippen LogP contribution >= 0.6 is 11.6 Å². The molecule has 0 spiro atoms. The van der Waals surface area contributed by atoms with Crippen LogP contribution in [-0.4, -0.2) is 36.0 Å². The normalized spacial score (nSPS) is 17.0. The molecule has 1 fully saturated rings. The predicted molar refractivity (Wildman–Crippen MR) is 118 cm³/mol. The molecule has 0 aromatic heterocycles. The maximum absolute atomic E-state index is 13.3. The van der Waals surface area contributed by atoms with Gasteiger partial charge in [-0.25, -0.2) is 0 Å². The molecule has 1 N–H and O–H groups in total. The van der Waals surface area contributed by atoms with Crippen LogP contribution in [0.2, 0.25) is 5.02 Å². The van der Waals surface area contributed by atoms with Gasteiger partial charge in [0.15, 0.2) is 0 Å². The Kier molecular flexibility index (Phi) is 7.88. The van der Waals surface area contributed by atoms with Crippen molar-refractivity contribution in [3.63, 3.8) is 0 Å². The quantitative estimate of drug-likeness (QED) is 0.679. The Labute approximate surface area is 183 Å². The Morgan fingerprint density at radius 2 is 1.83 bits per heavy atom. The fourth-order valence-corrected chi connectivity index (χ4v) is 3.77. The Morgan fingerprint density at radius 3 is 2.43 bits per heavy atom. The fraction of sp³-hybridized carbons (Fsp3) is 0.417. The number of nitrogens with zero attached hydrogens (tertiary/aromatic N) is 1. The highest BCUT2D eigenvalue weighted by molar-refractivity contribution is 6.30. The zero-order valence-corrected chi connectivity index (χ0v) is 18.3. The average Bonchev–Trinajstić information content (AvgIpc) is 3.27. The Hall–Kier alpha value is -2.37. The van der Waals surface area contributed by atoms with Crippen molar-refractivity contribution in [3.05, 3.63) is 70.7 Å². The third-order valence-electron chi connectivity index (χ3n) is 5.25. The van der Waals surface area contributed by atoms with Crippen LogP contribution < -0.4 is 5.32 Å². The minimum absolute atomic E-state index is 0.0379. The van der Waals surface area contributed by atoms with E-state index in [-0.39, 0.29) is 23.8 Å². The lowest BCUT2D eigenvalue weighted by molar-refractivity contribution is -0.144. The maximum Gasteiger partial charge on any atom is 0.247 e. The van der Waals surface area contributed by atoms with Crippen molar-refractivity contribution in [3.8, 4) is 0 Å². The number of ether oxygens (including phenoxy) is 1. The maximum atomic E-state index is 13.3. The SMILES string of the molecule is CC(C)C(=O)N(Cc1ccc(Cl)cc1)[C@@H](C(=O)NC[C@H]1CCCO1)c1ccccc1. The Bertz CT molecular complexity index is 833. The number of carbonyl (C=O) groups is 2. The number of halogens is 1. The molecule has 3 rings (SSSR count). The van der Waals surface area contributed by atoms with Gasteiger partial charge in [-0.05, 0) is 36.1 Å². The molecule has 1 saturated heterocycles. The molecule has 0 unspecified atom stereocenters. The van der Waals surface area contributed by atoms with E-state index >= 15 is 0 Å². The molecule has 5 nitrogen and oxygen atoms in total. The van der Waals surface area contributed by atoms with E-state index in [1.807, 2.05) is 56.3 Å². The number of benzene rings is 2. The highest BCUT2D eigenvalue weighted by atomic mass is 35.5. The van der Waals surface area contributed by atoms with Gasteiger partial charge in [0.05, 0.1) is 6.10 Å². The minimum Gasteiger partial charge on any atom is -0.376 e. The first-order valence-electron chi connectivity index (χ1n) is 10.4. The molecule has 2 amide bonds. The number of carbonyl (C=O) groups excluding carboxylic acids is 2. The summed E-state index contributed by atoms with van der Waals surface area (Å²) >= 11 is 6.02. The fourth-order valence-electron chi connectivity index (χ4n) is 3.64. The molecular formula is C24H29ClN2O3. The minimum atomic E-state index is -0.724. The first-order chi connectivity index (χ1) is 14.5. The predicted octanol–water partition coefficient (Wildman–Crippen LogP) is 4.36. The molecule has 1 heterocycles. The molecule has 0 saturated carbocycles. The topological polar surface area (TPSA) is 58.6 Å². The van der Waals surface area contributed by atoms with Gasteiger partial charge in [-0.1, -0.05) is 67.9 Å². The molecular weight excluding hydrogens is 400 g/mol. The lowest BCUT2D eigenvalue weighted by Gasteiger charge is -2.33. The summed E-state index contributed by atoms with van der Waals surface area (Å²) in [4.78, 5) is 28.2. The Morgan fingerprint density at radius 1 is 1.13 bits per heavy atom. The first kappa shape index (κ1) is 22.3. The second-order valence-corrected chi connectivity index (χ2v) is 8.38. The molecule has 160 valence electrons. The second kappa shape index (κ2) is 10.6. The molecule has 0 aliphatic carbocycles. The molecule has 1 aliphatic heterocycles. The van der Waals surface area contributed by atoms with E-state index < -0.39 is 6.04 Å². The number of rotatable bonds is 8. The van der Waals surface area contributed by atoms with Gasteiger partial charge < -0.3 is 15.0 Å². The summed E-state index contributed by atoms with van der Waals surface area (Å²) < 4.78 is 5.63. The van der Waals surface area contributed by atoms with Gasteiger partial charge in [-0.15, -0.1) is 0 Å². The lowest BCUT2D eigenvalue weighted by Crippen LogP contribution is -2.46. The van der Waals surface area contributed by atoms with E-state index in [0.717, 1.165) is 30.6 Å². The van der Waals surface area contributed by atoms with Gasteiger partial charge in [-0.2, -0.15) is 0 Å². The van der Waals surface area contributed by atoms with E-state index in [4.69, 9.17) is 16.3 Å². The molecule has 2 aromatic carbocycles. The molecule has 2 aromatic rings. The van der Waals surface area contributed by atoms with E-state index in [1.165, 1.54) is 0 Å². The molecule has 2 atom stereocenters. The van der Waals surface area contributed by atoms with E-state index in [2.05, 4.69) is 5.32 Å². The first-order valence-corrected chi connectivity index (χ1v) is 10.8. The van der Waals surface area contributed by atoms with E-state index in [9.17, 15) is 9.59 Å². The average molecular weight is 429 g/mol. The molecule has 1 aliphatic rings. The summed E-state index contributed by atoms with van der Waals surface area (Å²) in [6.45, 7) is 5.21. The van der Waals surface area contributed by atoms with Crippen LogP contribution in [0.25, 0.3) is 0 Å². The van der Waals surface area contributed by atoms with Crippen LogP contribution in [0.1, 0.15) is 43.9 Å². The smallest absolute Gasteiger partial charge is 0.247 e.